The van der Waals surface area contributed by atoms with E-state index in [0.717, 1.165) is 17.7 Å². The fraction of sp³-hybridized carbons (Fsp3) is 0.364. The van der Waals surface area contributed by atoms with Crippen LogP contribution in [0.15, 0.2) is 42.5 Å². The molecule has 1 amide bonds. The molecule has 3 rings (SSSR count). The third kappa shape index (κ3) is 5.95. The van der Waals surface area contributed by atoms with Crippen molar-refractivity contribution in [2.45, 2.75) is 19.8 Å². The van der Waals surface area contributed by atoms with Gasteiger partial charge in [0.05, 0.1) is 37.5 Å². The van der Waals surface area contributed by atoms with Crippen LogP contribution in [-0.4, -0.2) is 44.8 Å². The van der Waals surface area contributed by atoms with Crippen molar-refractivity contribution in [2.75, 3.05) is 43.1 Å². The fourth-order valence-electron chi connectivity index (χ4n) is 3.12. The Morgan fingerprint density at radius 2 is 1.86 bits per heavy atom. The number of halogens is 1. The highest BCUT2D eigenvalue weighted by Crippen LogP contribution is 2.26. The van der Waals surface area contributed by atoms with Gasteiger partial charge in [0.1, 0.15) is 0 Å². The zero-order chi connectivity index (χ0) is 20.6. The van der Waals surface area contributed by atoms with E-state index in [-0.39, 0.29) is 18.3 Å². The van der Waals surface area contributed by atoms with Gasteiger partial charge in [-0.25, -0.2) is 4.79 Å². The highest BCUT2D eigenvalue weighted by Gasteiger charge is 2.21. The summed E-state index contributed by atoms with van der Waals surface area (Å²) in [6.07, 6.45) is 0.966. The largest absolute Gasteiger partial charge is 0.462 e. The van der Waals surface area contributed by atoms with Crippen molar-refractivity contribution in [1.29, 1.82) is 0 Å². The first-order valence-electron chi connectivity index (χ1n) is 9.75. The number of morpholine rings is 1. The van der Waals surface area contributed by atoms with E-state index in [1.807, 2.05) is 25.1 Å². The number of carbonyl (C=O) groups is 2. The number of amides is 1. The molecule has 0 bridgehead atoms. The number of hydrogen-bond donors (Lipinski definition) is 1. The number of ether oxygens (including phenoxy) is 2. The van der Waals surface area contributed by atoms with Crippen LogP contribution in [0.5, 0.6) is 0 Å². The van der Waals surface area contributed by atoms with Crippen molar-refractivity contribution in [3.05, 3.63) is 58.6 Å². The van der Waals surface area contributed by atoms with Crippen LogP contribution in [0, 0.1) is 0 Å². The summed E-state index contributed by atoms with van der Waals surface area (Å²) in [5.74, 6) is -0.554. The zero-order valence-corrected chi connectivity index (χ0v) is 17.2. The molecule has 1 saturated heterocycles. The second-order valence-electron chi connectivity index (χ2n) is 6.82. The van der Waals surface area contributed by atoms with E-state index < -0.39 is 0 Å². The maximum Gasteiger partial charge on any atom is 0.340 e. The van der Waals surface area contributed by atoms with Gasteiger partial charge in [-0.3, -0.25) is 4.79 Å². The van der Waals surface area contributed by atoms with Gasteiger partial charge in [0.15, 0.2) is 0 Å². The molecule has 0 aromatic heterocycles. The van der Waals surface area contributed by atoms with Crippen molar-refractivity contribution in [1.82, 2.24) is 0 Å². The third-order valence-electron chi connectivity index (χ3n) is 4.57. The quantitative estimate of drug-likeness (QED) is 0.693. The van der Waals surface area contributed by atoms with E-state index in [4.69, 9.17) is 21.1 Å². The molecule has 154 valence electrons. The van der Waals surface area contributed by atoms with Crippen LogP contribution < -0.4 is 10.2 Å². The Kier molecular flexibility index (Phi) is 7.49. The van der Waals surface area contributed by atoms with E-state index in [1.54, 1.807) is 24.3 Å². The maximum absolute atomic E-state index is 12.6. The highest BCUT2D eigenvalue weighted by atomic mass is 35.5. The summed E-state index contributed by atoms with van der Waals surface area (Å²) in [4.78, 5) is 27.1. The molecule has 1 aliphatic heterocycles. The molecule has 0 aliphatic carbocycles. The van der Waals surface area contributed by atoms with Crippen LogP contribution in [0.25, 0.3) is 0 Å². The number of hydrogen-bond acceptors (Lipinski definition) is 5. The van der Waals surface area contributed by atoms with Crippen molar-refractivity contribution in [2.24, 2.45) is 0 Å². The van der Waals surface area contributed by atoms with Crippen LogP contribution in [0.4, 0.5) is 11.4 Å². The SMILES string of the molecule is CCCOC(=O)c1cc(NC(=O)Cc2ccc(Cl)cc2)ccc1N1CCOCC1. The van der Waals surface area contributed by atoms with Crippen molar-refractivity contribution < 1.29 is 19.1 Å². The minimum Gasteiger partial charge on any atom is -0.462 e. The molecule has 1 fully saturated rings. The Hall–Kier alpha value is -2.57. The molecule has 1 aliphatic rings. The van der Waals surface area contributed by atoms with E-state index in [9.17, 15) is 9.59 Å². The standard InChI is InChI=1S/C22H25ClN2O4/c1-2-11-29-22(27)19-15-18(7-8-20(19)25-9-12-28-13-10-25)24-21(26)14-16-3-5-17(23)6-4-16/h3-8,15H,2,9-14H2,1H3,(H,24,26). The molecule has 1 N–H and O–H groups in total. The normalized spacial score (nSPS) is 13.8. The van der Waals surface area contributed by atoms with Gasteiger partial charge in [0, 0.05) is 23.8 Å². The summed E-state index contributed by atoms with van der Waals surface area (Å²) in [6.45, 7) is 4.94. The first-order chi connectivity index (χ1) is 14.1. The smallest absolute Gasteiger partial charge is 0.340 e. The number of esters is 1. The number of rotatable bonds is 7. The number of nitrogens with zero attached hydrogens (tertiary/aromatic N) is 1. The number of nitrogens with one attached hydrogen (secondary N) is 1. The Bertz CT molecular complexity index is 848. The summed E-state index contributed by atoms with van der Waals surface area (Å²) >= 11 is 5.88. The first-order valence-corrected chi connectivity index (χ1v) is 10.1. The minimum absolute atomic E-state index is 0.167. The summed E-state index contributed by atoms with van der Waals surface area (Å²) in [5.41, 5.74) is 2.67. The van der Waals surface area contributed by atoms with Crippen molar-refractivity contribution in [3.8, 4) is 0 Å². The van der Waals surface area contributed by atoms with Gasteiger partial charge in [-0.15, -0.1) is 0 Å². The number of benzene rings is 2. The summed E-state index contributed by atoms with van der Waals surface area (Å²) in [5, 5.41) is 3.49. The van der Waals surface area contributed by atoms with Gasteiger partial charge in [-0.2, -0.15) is 0 Å². The van der Waals surface area contributed by atoms with E-state index in [0.29, 0.717) is 49.2 Å². The molecule has 1 heterocycles. The molecular weight excluding hydrogens is 392 g/mol. The van der Waals surface area contributed by atoms with Gasteiger partial charge < -0.3 is 19.7 Å². The van der Waals surface area contributed by atoms with Gasteiger partial charge in [0.2, 0.25) is 5.91 Å². The molecule has 0 unspecified atom stereocenters. The summed E-state index contributed by atoms with van der Waals surface area (Å²) in [7, 11) is 0. The second kappa shape index (κ2) is 10.3. The van der Waals surface area contributed by atoms with Crippen LogP contribution in [0.3, 0.4) is 0 Å². The molecule has 6 nitrogen and oxygen atoms in total. The molecule has 2 aromatic rings. The molecule has 29 heavy (non-hydrogen) atoms. The summed E-state index contributed by atoms with van der Waals surface area (Å²) < 4.78 is 10.8. The first kappa shape index (κ1) is 21.1. The maximum atomic E-state index is 12.6. The molecule has 7 heteroatoms. The Balaban J connectivity index is 1.76. The van der Waals surface area contributed by atoms with Gasteiger partial charge in [-0.05, 0) is 42.3 Å². The highest BCUT2D eigenvalue weighted by molar-refractivity contribution is 6.30. The van der Waals surface area contributed by atoms with E-state index in [2.05, 4.69) is 10.2 Å². The topological polar surface area (TPSA) is 67.9 Å². The number of anilines is 2. The molecule has 2 aromatic carbocycles. The molecular formula is C22H25ClN2O4. The lowest BCUT2D eigenvalue weighted by Crippen LogP contribution is -2.37. The van der Waals surface area contributed by atoms with Gasteiger partial charge >= 0.3 is 5.97 Å². The van der Waals surface area contributed by atoms with Crippen LogP contribution in [0.1, 0.15) is 29.3 Å². The van der Waals surface area contributed by atoms with E-state index >= 15 is 0 Å². The van der Waals surface area contributed by atoms with Gasteiger partial charge in [0.25, 0.3) is 0 Å². The third-order valence-corrected chi connectivity index (χ3v) is 4.82. The fourth-order valence-corrected chi connectivity index (χ4v) is 3.25. The molecule has 0 radical (unpaired) electrons. The molecule has 0 spiro atoms. The average Bonchev–Trinajstić information content (AvgIpc) is 2.74. The monoisotopic (exact) mass is 416 g/mol. The molecule has 0 saturated carbocycles. The Labute approximate surface area is 175 Å². The zero-order valence-electron chi connectivity index (χ0n) is 16.4. The minimum atomic E-state index is -0.387. The van der Waals surface area contributed by atoms with Crippen LogP contribution in [-0.2, 0) is 20.7 Å². The lowest BCUT2D eigenvalue weighted by atomic mass is 10.1. The Morgan fingerprint density at radius 1 is 1.14 bits per heavy atom. The second-order valence-corrected chi connectivity index (χ2v) is 7.26. The lowest BCUT2D eigenvalue weighted by Gasteiger charge is -2.30. The van der Waals surface area contributed by atoms with Crippen molar-refractivity contribution in [3.63, 3.8) is 0 Å². The van der Waals surface area contributed by atoms with E-state index in [1.165, 1.54) is 0 Å². The molecule has 0 atom stereocenters. The lowest BCUT2D eigenvalue weighted by molar-refractivity contribution is -0.115. The number of carbonyl (C=O) groups excluding carboxylic acids is 2. The predicted molar refractivity (Wildman–Crippen MR) is 114 cm³/mol. The summed E-state index contributed by atoms with van der Waals surface area (Å²) in [6, 6.07) is 12.5. The van der Waals surface area contributed by atoms with Crippen LogP contribution in [0.2, 0.25) is 5.02 Å². The van der Waals surface area contributed by atoms with Crippen molar-refractivity contribution >= 4 is 34.9 Å². The van der Waals surface area contributed by atoms with Gasteiger partial charge in [-0.1, -0.05) is 30.7 Å². The van der Waals surface area contributed by atoms with Crippen LogP contribution >= 0.6 is 11.6 Å². The average molecular weight is 417 g/mol. The predicted octanol–water partition coefficient (Wildman–Crippen LogP) is 3.92. The Morgan fingerprint density at radius 3 is 2.55 bits per heavy atom.